The highest BCUT2D eigenvalue weighted by atomic mass is 79.9. The van der Waals surface area contributed by atoms with Gasteiger partial charge in [-0.05, 0) is 50.4 Å². The van der Waals surface area contributed by atoms with E-state index in [9.17, 15) is 8.42 Å². The van der Waals surface area contributed by atoms with E-state index in [2.05, 4.69) is 47.8 Å². The van der Waals surface area contributed by atoms with Crippen LogP contribution in [0, 0.1) is 0 Å². The van der Waals surface area contributed by atoms with Crippen molar-refractivity contribution in [2.75, 3.05) is 6.26 Å². The minimum Gasteiger partial charge on any atom is -0.229 e. The number of rotatable bonds is 3. The van der Waals surface area contributed by atoms with Gasteiger partial charge < -0.3 is 0 Å². The van der Waals surface area contributed by atoms with E-state index in [4.69, 9.17) is 0 Å². The molecule has 0 saturated carbocycles. The standard InChI is InChI=1S/C8H9Br3O2S2/c1-4(15(2,12)13)7(10)5-3-6(9)14-8(5)11/h3-4,7H,1-2H3. The van der Waals surface area contributed by atoms with Crippen LogP contribution in [0.5, 0.6) is 0 Å². The van der Waals surface area contributed by atoms with Gasteiger partial charge in [-0.25, -0.2) is 8.42 Å². The fraction of sp³-hybridized carbons (Fsp3) is 0.500. The first-order chi connectivity index (χ1) is 6.73. The van der Waals surface area contributed by atoms with Crippen LogP contribution >= 0.6 is 59.1 Å². The first kappa shape index (κ1) is 14.2. The van der Waals surface area contributed by atoms with Crippen molar-refractivity contribution in [2.45, 2.75) is 17.0 Å². The summed E-state index contributed by atoms with van der Waals surface area (Å²) >= 11 is 11.7. The van der Waals surface area contributed by atoms with Gasteiger partial charge in [-0.1, -0.05) is 15.9 Å². The molecule has 1 aromatic heterocycles. The van der Waals surface area contributed by atoms with E-state index < -0.39 is 15.1 Å². The van der Waals surface area contributed by atoms with Crippen LogP contribution in [0.25, 0.3) is 0 Å². The Morgan fingerprint density at radius 2 is 1.93 bits per heavy atom. The average molecular weight is 441 g/mol. The molecule has 0 N–H and O–H groups in total. The summed E-state index contributed by atoms with van der Waals surface area (Å²) in [6.45, 7) is 1.70. The third-order valence-corrected chi connectivity index (χ3v) is 7.71. The highest BCUT2D eigenvalue weighted by Crippen LogP contribution is 2.41. The number of hydrogen-bond acceptors (Lipinski definition) is 3. The Kier molecular flexibility index (Phi) is 4.87. The van der Waals surface area contributed by atoms with Crippen molar-refractivity contribution in [2.24, 2.45) is 0 Å². The molecule has 0 bridgehead atoms. The van der Waals surface area contributed by atoms with E-state index in [1.807, 2.05) is 6.07 Å². The van der Waals surface area contributed by atoms with Crippen molar-refractivity contribution < 1.29 is 8.42 Å². The molecule has 15 heavy (non-hydrogen) atoms. The molecular formula is C8H9Br3O2S2. The maximum atomic E-state index is 11.4. The van der Waals surface area contributed by atoms with Gasteiger partial charge in [0.25, 0.3) is 0 Å². The van der Waals surface area contributed by atoms with Gasteiger partial charge in [-0.2, -0.15) is 0 Å². The lowest BCUT2D eigenvalue weighted by atomic mass is 10.2. The second kappa shape index (κ2) is 5.16. The number of sulfone groups is 1. The first-order valence-corrected chi connectivity index (χ1v) is 9.28. The molecule has 2 atom stereocenters. The molecule has 1 aromatic rings. The van der Waals surface area contributed by atoms with Crippen molar-refractivity contribution in [1.29, 1.82) is 0 Å². The Hall–Kier alpha value is 1.09. The molecule has 2 unspecified atom stereocenters. The van der Waals surface area contributed by atoms with Crippen LogP contribution in [0.1, 0.15) is 17.3 Å². The molecule has 0 aliphatic rings. The lowest BCUT2D eigenvalue weighted by Gasteiger charge is -2.15. The number of thiophene rings is 1. The summed E-state index contributed by atoms with van der Waals surface area (Å²) in [5, 5.41) is -0.449. The molecule has 0 amide bonds. The second-order valence-corrected chi connectivity index (χ2v) is 10.4. The lowest BCUT2D eigenvalue weighted by molar-refractivity contribution is 0.588. The summed E-state index contributed by atoms with van der Waals surface area (Å²) in [4.78, 5) is -0.190. The zero-order valence-electron chi connectivity index (χ0n) is 8.00. The summed E-state index contributed by atoms with van der Waals surface area (Å²) in [6.07, 6.45) is 1.25. The van der Waals surface area contributed by atoms with Crippen LogP contribution in [0.3, 0.4) is 0 Å². The Morgan fingerprint density at radius 3 is 2.27 bits per heavy atom. The third kappa shape index (κ3) is 3.52. The molecule has 1 heterocycles. The molecule has 0 aromatic carbocycles. The van der Waals surface area contributed by atoms with Gasteiger partial charge in [0.2, 0.25) is 0 Å². The Morgan fingerprint density at radius 1 is 1.40 bits per heavy atom. The molecule has 0 aliphatic heterocycles. The Labute approximate surface area is 119 Å². The van der Waals surface area contributed by atoms with Crippen LogP contribution in [-0.4, -0.2) is 19.9 Å². The van der Waals surface area contributed by atoms with Gasteiger partial charge in [-0.15, -0.1) is 11.3 Å². The molecule has 0 saturated heterocycles. The van der Waals surface area contributed by atoms with Crippen molar-refractivity contribution in [3.63, 3.8) is 0 Å². The molecule has 0 fully saturated rings. The van der Waals surface area contributed by atoms with Crippen molar-refractivity contribution in [3.8, 4) is 0 Å². The maximum Gasteiger partial charge on any atom is 0.151 e. The molecule has 86 valence electrons. The second-order valence-electron chi connectivity index (χ2n) is 3.22. The van der Waals surface area contributed by atoms with Crippen LogP contribution in [-0.2, 0) is 9.84 Å². The molecule has 0 aliphatic carbocycles. The molecule has 2 nitrogen and oxygen atoms in total. The predicted octanol–water partition coefficient (Wildman–Crippen LogP) is 4.14. The Balaban J connectivity index is 3.05. The summed E-state index contributed by atoms with van der Waals surface area (Å²) in [5.41, 5.74) is 0.963. The first-order valence-electron chi connectivity index (χ1n) is 4.01. The molecule has 1 rings (SSSR count). The Bertz CT molecular complexity index is 452. The van der Waals surface area contributed by atoms with Gasteiger partial charge in [0, 0.05) is 6.26 Å². The van der Waals surface area contributed by atoms with Crippen LogP contribution < -0.4 is 0 Å². The minimum absolute atomic E-state index is 0.190. The summed E-state index contributed by atoms with van der Waals surface area (Å²) in [5.74, 6) is 0. The number of halogens is 3. The van der Waals surface area contributed by atoms with Crippen LogP contribution in [0.15, 0.2) is 13.6 Å². The predicted molar refractivity (Wildman–Crippen MR) is 75.7 cm³/mol. The molecule has 0 radical (unpaired) electrons. The zero-order chi connectivity index (χ0) is 11.8. The van der Waals surface area contributed by atoms with Crippen molar-refractivity contribution in [1.82, 2.24) is 0 Å². The highest BCUT2D eigenvalue weighted by molar-refractivity contribution is 9.12. The summed E-state index contributed by atoms with van der Waals surface area (Å²) in [7, 11) is -3.04. The largest absolute Gasteiger partial charge is 0.229 e. The maximum absolute atomic E-state index is 11.4. The van der Waals surface area contributed by atoms with Crippen LogP contribution in [0.4, 0.5) is 0 Å². The lowest BCUT2D eigenvalue weighted by Crippen LogP contribution is -2.20. The van der Waals surface area contributed by atoms with E-state index >= 15 is 0 Å². The molecule has 7 heteroatoms. The topological polar surface area (TPSA) is 34.1 Å². The minimum atomic E-state index is -3.04. The van der Waals surface area contributed by atoms with E-state index in [0.29, 0.717) is 0 Å². The smallest absolute Gasteiger partial charge is 0.151 e. The van der Waals surface area contributed by atoms with Crippen LogP contribution in [0.2, 0.25) is 0 Å². The third-order valence-electron chi connectivity index (χ3n) is 2.07. The van der Waals surface area contributed by atoms with E-state index in [0.717, 1.165) is 13.1 Å². The monoisotopic (exact) mass is 438 g/mol. The van der Waals surface area contributed by atoms with E-state index in [-0.39, 0.29) is 4.83 Å². The van der Waals surface area contributed by atoms with Gasteiger partial charge >= 0.3 is 0 Å². The summed E-state index contributed by atoms with van der Waals surface area (Å²) < 4.78 is 24.8. The zero-order valence-corrected chi connectivity index (χ0v) is 14.4. The highest BCUT2D eigenvalue weighted by Gasteiger charge is 2.27. The SMILES string of the molecule is CC(C(Br)c1cc(Br)sc1Br)S(C)(=O)=O. The normalized spacial score (nSPS) is 16.3. The van der Waals surface area contributed by atoms with Gasteiger partial charge in [0.15, 0.2) is 9.84 Å². The van der Waals surface area contributed by atoms with E-state index in [1.54, 1.807) is 6.92 Å². The van der Waals surface area contributed by atoms with Crippen molar-refractivity contribution >= 4 is 69.0 Å². The van der Waals surface area contributed by atoms with E-state index in [1.165, 1.54) is 17.6 Å². The van der Waals surface area contributed by atoms with Gasteiger partial charge in [-0.3, -0.25) is 0 Å². The fourth-order valence-electron chi connectivity index (χ4n) is 1.01. The summed E-state index contributed by atoms with van der Waals surface area (Å²) in [6, 6.07) is 1.93. The van der Waals surface area contributed by atoms with Gasteiger partial charge in [0.1, 0.15) is 0 Å². The average Bonchev–Trinajstić information content (AvgIpc) is 2.41. The quantitative estimate of drug-likeness (QED) is 0.662. The number of hydrogen-bond donors (Lipinski definition) is 0. The molecular weight excluding hydrogens is 432 g/mol. The van der Waals surface area contributed by atoms with Gasteiger partial charge in [0.05, 0.1) is 17.6 Å². The number of alkyl halides is 1. The molecule has 0 spiro atoms. The fourth-order valence-corrected chi connectivity index (χ4v) is 6.52. The van der Waals surface area contributed by atoms with Crippen molar-refractivity contribution in [3.05, 3.63) is 19.2 Å².